The van der Waals surface area contributed by atoms with Crippen molar-refractivity contribution in [3.05, 3.63) is 0 Å². The number of amides is 1. The van der Waals surface area contributed by atoms with E-state index in [-0.39, 0.29) is 0 Å². The molecular formula is C9H15NO. The highest BCUT2D eigenvalue weighted by molar-refractivity contribution is 5.78. The Morgan fingerprint density at radius 2 is 2.27 bits per heavy atom. The van der Waals surface area contributed by atoms with Crippen LogP contribution in [0.2, 0.25) is 0 Å². The third-order valence-corrected chi connectivity index (χ3v) is 3.09. The molecule has 2 saturated heterocycles. The van der Waals surface area contributed by atoms with E-state index >= 15 is 0 Å². The number of carbonyl (C=O) groups is 1. The zero-order chi connectivity index (χ0) is 7.84. The summed E-state index contributed by atoms with van der Waals surface area (Å²) in [5.41, 5.74) is 0. The van der Waals surface area contributed by atoms with E-state index in [0.717, 1.165) is 25.3 Å². The molecule has 2 rings (SSSR count). The van der Waals surface area contributed by atoms with Crippen LogP contribution >= 0.6 is 0 Å². The summed E-state index contributed by atoms with van der Waals surface area (Å²) in [5.74, 6) is 1.14. The molecule has 2 atom stereocenters. The second kappa shape index (κ2) is 2.50. The first-order valence-corrected chi connectivity index (χ1v) is 4.58. The average Bonchev–Trinajstić information content (AvgIpc) is 2.35. The molecule has 2 heterocycles. The fourth-order valence-electron chi connectivity index (χ4n) is 2.41. The van der Waals surface area contributed by atoms with Crippen molar-refractivity contribution >= 4 is 5.91 Å². The minimum absolute atomic E-state index is 0.390. The number of piperidine rings is 1. The smallest absolute Gasteiger partial charge is 0.222 e. The molecular weight excluding hydrogens is 138 g/mol. The molecule has 2 fully saturated rings. The molecule has 1 amide bonds. The summed E-state index contributed by atoms with van der Waals surface area (Å²) < 4.78 is 0. The monoisotopic (exact) mass is 153 g/mol. The van der Waals surface area contributed by atoms with E-state index in [1.807, 2.05) is 0 Å². The SMILES string of the molecule is C[C@@H]1CCCN2C(=O)CC[C@H]12. The van der Waals surface area contributed by atoms with Gasteiger partial charge in [0.05, 0.1) is 0 Å². The van der Waals surface area contributed by atoms with Gasteiger partial charge in [-0.2, -0.15) is 0 Å². The molecule has 0 unspecified atom stereocenters. The van der Waals surface area contributed by atoms with Gasteiger partial charge in [0.25, 0.3) is 0 Å². The second-order valence-corrected chi connectivity index (χ2v) is 3.81. The Hall–Kier alpha value is -0.530. The molecule has 0 bridgehead atoms. The third kappa shape index (κ3) is 1.05. The first-order valence-electron chi connectivity index (χ1n) is 4.58. The van der Waals surface area contributed by atoms with Crippen molar-refractivity contribution < 1.29 is 4.79 Å². The molecule has 0 aromatic carbocycles. The molecule has 0 aliphatic carbocycles. The van der Waals surface area contributed by atoms with E-state index in [2.05, 4.69) is 11.8 Å². The molecule has 2 aliphatic rings. The Bertz CT molecular complexity index is 178. The van der Waals surface area contributed by atoms with Gasteiger partial charge in [-0.15, -0.1) is 0 Å². The fraction of sp³-hybridized carbons (Fsp3) is 0.889. The van der Waals surface area contributed by atoms with E-state index in [1.165, 1.54) is 12.8 Å². The molecule has 0 aromatic rings. The van der Waals surface area contributed by atoms with Crippen molar-refractivity contribution in [3.8, 4) is 0 Å². The lowest BCUT2D eigenvalue weighted by molar-refractivity contribution is -0.130. The molecule has 0 N–H and O–H groups in total. The average molecular weight is 153 g/mol. The summed E-state index contributed by atoms with van der Waals surface area (Å²) in [6, 6.07) is 0.594. The van der Waals surface area contributed by atoms with Crippen molar-refractivity contribution in [2.24, 2.45) is 5.92 Å². The first kappa shape index (κ1) is 7.14. The Labute approximate surface area is 67.6 Å². The topological polar surface area (TPSA) is 20.3 Å². The van der Waals surface area contributed by atoms with Crippen molar-refractivity contribution in [1.82, 2.24) is 4.90 Å². The number of hydrogen-bond acceptors (Lipinski definition) is 1. The van der Waals surface area contributed by atoms with Crippen molar-refractivity contribution in [2.75, 3.05) is 6.54 Å². The van der Waals surface area contributed by atoms with Gasteiger partial charge in [0.2, 0.25) is 5.91 Å². The quantitative estimate of drug-likeness (QED) is 0.515. The minimum atomic E-state index is 0.390. The Kier molecular flexibility index (Phi) is 1.63. The van der Waals surface area contributed by atoms with Crippen LogP contribution in [-0.2, 0) is 4.79 Å². The van der Waals surface area contributed by atoms with Gasteiger partial charge in [-0.3, -0.25) is 4.79 Å². The first-order chi connectivity index (χ1) is 5.29. The molecule has 0 spiro atoms. The highest BCUT2D eigenvalue weighted by Crippen LogP contribution is 2.31. The summed E-state index contributed by atoms with van der Waals surface area (Å²) in [5, 5.41) is 0. The fourth-order valence-corrected chi connectivity index (χ4v) is 2.41. The Balaban J connectivity index is 2.12. The zero-order valence-electron chi connectivity index (χ0n) is 7.05. The van der Waals surface area contributed by atoms with E-state index in [0.29, 0.717) is 11.9 Å². The van der Waals surface area contributed by atoms with Crippen LogP contribution in [-0.4, -0.2) is 23.4 Å². The number of rotatable bonds is 0. The van der Waals surface area contributed by atoms with Crippen molar-refractivity contribution in [1.29, 1.82) is 0 Å². The molecule has 0 radical (unpaired) electrons. The second-order valence-electron chi connectivity index (χ2n) is 3.81. The predicted octanol–water partition coefficient (Wildman–Crippen LogP) is 1.41. The summed E-state index contributed by atoms with van der Waals surface area (Å²) in [6.07, 6.45) is 4.44. The van der Waals surface area contributed by atoms with Crippen LogP contribution < -0.4 is 0 Å². The van der Waals surface area contributed by atoms with E-state index in [9.17, 15) is 4.79 Å². The van der Waals surface area contributed by atoms with E-state index in [4.69, 9.17) is 0 Å². The highest BCUT2D eigenvalue weighted by Gasteiger charge is 2.36. The lowest BCUT2D eigenvalue weighted by atomic mass is 9.91. The van der Waals surface area contributed by atoms with Gasteiger partial charge in [0.15, 0.2) is 0 Å². The maximum Gasteiger partial charge on any atom is 0.222 e. The molecule has 0 aromatic heterocycles. The van der Waals surface area contributed by atoms with Crippen LogP contribution in [0.5, 0.6) is 0 Å². The van der Waals surface area contributed by atoms with Gasteiger partial charge in [-0.1, -0.05) is 6.92 Å². The molecule has 2 aliphatic heterocycles. The molecule has 2 heteroatoms. The van der Waals surface area contributed by atoms with Crippen LogP contribution in [0.25, 0.3) is 0 Å². The predicted molar refractivity (Wildman–Crippen MR) is 43.1 cm³/mol. The molecule has 11 heavy (non-hydrogen) atoms. The van der Waals surface area contributed by atoms with Crippen LogP contribution in [0.3, 0.4) is 0 Å². The van der Waals surface area contributed by atoms with Gasteiger partial charge >= 0.3 is 0 Å². The summed E-state index contributed by atoms with van der Waals surface area (Å²) in [7, 11) is 0. The van der Waals surface area contributed by atoms with Crippen LogP contribution in [0.1, 0.15) is 32.6 Å². The Morgan fingerprint density at radius 1 is 1.45 bits per heavy atom. The summed E-state index contributed by atoms with van der Waals surface area (Å²) in [4.78, 5) is 13.4. The maximum absolute atomic E-state index is 11.3. The zero-order valence-corrected chi connectivity index (χ0v) is 7.05. The minimum Gasteiger partial charge on any atom is -0.339 e. The normalized spacial score (nSPS) is 37.5. The van der Waals surface area contributed by atoms with Gasteiger partial charge in [-0.05, 0) is 25.2 Å². The Morgan fingerprint density at radius 3 is 3.00 bits per heavy atom. The van der Waals surface area contributed by atoms with Crippen molar-refractivity contribution in [3.63, 3.8) is 0 Å². The maximum atomic E-state index is 11.3. The van der Waals surface area contributed by atoms with E-state index < -0.39 is 0 Å². The van der Waals surface area contributed by atoms with Gasteiger partial charge in [0.1, 0.15) is 0 Å². The lowest BCUT2D eigenvalue weighted by Gasteiger charge is -2.34. The molecule has 62 valence electrons. The number of nitrogens with zero attached hydrogens (tertiary/aromatic N) is 1. The number of hydrogen-bond donors (Lipinski definition) is 0. The standard InChI is InChI=1S/C9H15NO/c1-7-3-2-6-10-8(7)4-5-9(10)11/h7-8H,2-6H2,1H3/t7-,8-/m1/s1. The van der Waals surface area contributed by atoms with Crippen LogP contribution in [0.4, 0.5) is 0 Å². The van der Waals surface area contributed by atoms with Crippen molar-refractivity contribution in [2.45, 2.75) is 38.6 Å². The molecule has 0 saturated carbocycles. The summed E-state index contributed by atoms with van der Waals surface area (Å²) >= 11 is 0. The third-order valence-electron chi connectivity index (χ3n) is 3.09. The number of fused-ring (bicyclic) bond motifs is 1. The van der Waals surface area contributed by atoms with Crippen LogP contribution in [0, 0.1) is 5.92 Å². The van der Waals surface area contributed by atoms with E-state index in [1.54, 1.807) is 0 Å². The lowest BCUT2D eigenvalue weighted by Crippen LogP contribution is -2.41. The van der Waals surface area contributed by atoms with Gasteiger partial charge in [0, 0.05) is 19.0 Å². The highest BCUT2D eigenvalue weighted by atomic mass is 16.2. The number of carbonyl (C=O) groups excluding carboxylic acids is 1. The van der Waals surface area contributed by atoms with Crippen LogP contribution in [0.15, 0.2) is 0 Å². The van der Waals surface area contributed by atoms with Gasteiger partial charge < -0.3 is 4.90 Å². The largest absolute Gasteiger partial charge is 0.339 e. The summed E-state index contributed by atoms with van der Waals surface area (Å²) in [6.45, 7) is 3.29. The van der Waals surface area contributed by atoms with Gasteiger partial charge in [-0.25, -0.2) is 0 Å². The molecule has 2 nitrogen and oxygen atoms in total.